The zero-order chi connectivity index (χ0) is 11.5. The number of carboxylic acid groups (broad SMARTS) is 1. The van der Waals surface area contributed by atoms with E-state index < -0.39 is 11.9 Å². The molecule has 0 bridgehead atoms. The Morgan fingerprint density at radius 1 is 1.25 bits per heavy atom. The molecule has 0 unspecified atom stereocenters. The molecule has 0 aromatic carbocycles. The zero-order valence-electron chi connectivity index (χ0n) is 8.85. The van der Waals surface area contributed by atoms with Gasteiger partial charge in [-0.2, -0.15) is 0 Å². The summed E-state index contributed by atoms with van der Waals surface area (Å²) in [4.78, 5) is 23.7. The first-order chi connectivity index (χ1) is 7.70. The molecule has 1 aromatic rings. The van der Waals surface area contributed by atoms with Crippen LogP contribution in [-0.2, 0) is 4.79 Å². The fourth-order valence-corrected chi connectivity index (χ4v) is 3.06. The SMILES string of the molecule is O=C([O-])[C@H]1CCCC[C@@H]1C(=O)c1cccs1. The molecule has 16 heavy (non-hydrogen) atoms. The Kier molecular flexibility index (Phi) is 3.39. The van der Waals surface area contributed by atoms with Gasteiger partial charge in [-0.05, 0) is 24.3 Å². The van der Waals surface area contributed by atoms with Crippen molar-refractivity contribution >= 4 is 23.1 Å². The van der Waals surface area contributed by atoms with Crippen LogP contribution in [0.3, 0.4) is 0 Å². The Bertz CT molecular complexity index is 383. The molecular formula is C12H13O3S-. The number of ketones is 1. The van der Waals surface area contributed by atoms with E-state index in [9.17, 15) is 14.7 Å². The summed E-state index contributed by atoms with van der Waals surface area (Å²) in [5, 5.41) is 12.8. The molecule has 0 saturated heterocycles. The Hall–Kier alpha value is -1.16. The summed E-state index contributed by atoms with van der Waals surface area (Å²) in [7, 11) is 0. The second-order valence-electron chi connectivity index (χ2n) is 4.16. The van der Waals surface area contributed by atoms with Gasteiger partial charge in [0.1, 0.15) is 0 Å². The number of carboxylic acids is 1. The van der Waals surface area contributed by atoms with Crippen LogP contribution in [0.1, 0.15) is 35.4 Å². The van der Waals surface area contributed by atoms with Crippen molar-refractivity contribution in [1.82, 2.24) is 0 Å². The fraction of sp³-hybridized carbons (Fsp3) is 0.500. The number of carbonyl (C=O) groups excluding carboxylic acids is 2. The normalized spacial score (nSPS) is 25.2. The van der Waals surface area contributed by atoms with E-state index in [1.54, 1.807) is 6.07 Å². The third-order valence-corrected chi connectivity index (χ3v) is 4.05. The van der Waals surface area contributed by atoms with Crippen molar-refractivity contribution in [2.75, 3.05) is 0 Å². The van der Waals surface area contributed by atoms with Gasteiger partial charge in [-0.15, -0.1) is 11.3 Å². The van der Waals surface area contributed by atoms with Gasteiger partial charge in [0.15, 0.2) is 5.78 Å². The van der Waals surface area contributed by atoms with Crippen LogP contribution < -0.4 is 5.11 Å². The molecule has 0 N–H and O–H groups in total. The molecule has 0 radical (unpaired) electrons. The highest BCUT2D eigenvalue weighted by Crippen LogP contribution is 2.33. The number of aliphatic carboxylic acids is 1. The monoisotopic (exact) mass is 237 g/mol. The van der Waals surface area contributed by atoms with E-state index in [2.05, 4.69) is 0 Å². The molecule has 86 valence electrons. The Morgan fingerprint density at radius 3 is 2.50 bits per heavy atom. The summed E-state index contributed by atoms with van der Waals surface area (Å²) in [5.74, 6) is -2.07. The van der Waals surface area contributed by atoms with E-state index in [1.807, 2.05) is 11.4 Å². The van der Waals surface area contributed by atoms with E-state index in [4.69, 9.17) is 0 Å². The number of hydrogen-bond acceptors (Lipinski definition) is 4. The third kappa shape index (κ3) is 2.16. The van der Waals surface area contributed by atoms with Gasteiger partial charge in [0, 0.05) is 17.8 Å². The summed E-state index contributed by atoms with van der Waals surface area (Å²) in [6.45, 7) is 0. The minimum absolute atomic E-state index is 0.0242. The maximum Gasteiger partial charge on any atom is 0.176 e. The van der Waals surface area contributed by atoms with Gasteiger partial charge in [0.05, 0.1) is 4.88 Å². The first kappa shape index (κ1) is 11.3. The minimum atomic E-state index is -1.07. The lowest BCUT2D eigenvalue weighted by Crippen LogP contribution is -2.40. The van der Waals surface area contributed by atoms with E-state index in [0.29, 0.717) is 17.7 Å². The number of hydrogen-bond donors (Lipinski definition) is 0. The van der Waals surface area contributed by atoms with Crippen LogP contribution in [0, 0.1) is 11.8 Å². The highest BCUT2D eigenvalue weighted by Gasteiger charge is 2.32. The highest BCUT2D eigenvalue weighted by atomic mass is 32.1. The van der Waals surface area contributed by atoms with Gasteiger partial charge < -0.3 is 9.90 Å². The summed E-state index contributed by atoms with van der Waals surface area (Å²) in [6, 6.07) is 3.57. The Labute approximate surface area is 98.1 Å². The van der Waals surface area contributed by atoms with Crippen LogP contribution >= 0.6 is 11.3 Å². The lowest BCUT2D eigenvalue weighted by Gasteiger charge is -2.30. The third-order valence-electron chi connectivity index (χ3n) is 3.17. The largest absolute Gasteiger partial charge is 0.550 e. The van der Waals surface area contributed by atoms with Gasteiger partial charge in [-0.3, -0.25) is 4.79 Å². The van der Waals surface area contributed by atoms with Crippen LogP contribution in [0.25, 0.3) is 0 Å². The Balaban J connectivity index is 2.17. The van der Waals surface area contributed by atoms with Crippen molar-refractivity contribution in [3.8, 4) is 0 Å². The molecule has 1 aromatic heterocycles. The standard InChI is InChI=1S/C12H14O3S/c13-11(10-6-3-7-16-10)8-4-1-2-5-9(8)12(14)15/h3,6-9H,1-2,4-5H2,(H,14,15)/p-1/t8-,9-/m0/s1. The van der Waals surface area contributed by atoms with Crippen molar-refractivity contribution < 1.29 is 14.7 Å². The second kappa shape index (κ2) is 4.78. The molecule has 3 nitrogen and oxygen atoms in total. The summed E-state index contributed by atoms with van der Waals surface area (Å²) in [5.41, 5.74) is 0. The zero-order valence-corrected chi connectivity index (χ0v) is 9.66. The molecular weight excluding hydrogens is 224 g/mol. The summed E-state index contributed by atoms with van der Waals surface area (Å²) < 4.78 is 0. The lowest BCUT2D eigenvalue weighted by molar-refractivity contribution is -0.313. The van der Waals surface area contributed by atoms with Gasteiger partial charge in [-0.25, -0.2) is 0 Å². The molecule has 4 heteroatoms. The quantitative estimate of drug-likeness (QED) is 0.748. The first-order valence-corrected chi connectivity index (χ1v) is 6.36. The van der Waals surface area contributed by atoms with Crippen molar-refractivity contribution in [3.05, 3.63) is 22.4 Å². The molecule has 0 amide bonds. The summed E-state index contributed by atoms with van der Waals surface area (Å²) in [6.07, 6.45) is 3.07. The molecule has 1 aliphatic rings. The number of Topliss-reactive ketones (excluding diaryl/α,β-unsaturated/α-hetero) is 1. The number of rotatable bonds is 3. The molecule has 1 heterocycles. The van der Waals surface area contributed by atoms with Gasteiger partial charge >= 0.3 is 0 Å². The predicted molar refractivity (Wildman–Crippen MR) is 59.1 cm³/mol. The Morgan fingerprint density at radius 2 is 1.94 bits per heavy atom. The topological polar surface area (TPSA) is 57.2 Å². The maximum absolute atomic E-state index is 12.1. The molecule has 2 rings (SSSR count). The summed E-state index contributed by atoms with van der Waals surface area (Å²) >= 11 is 1.38. The molecule has 1 saturated carbocycles. The smallest absolute Gasteiger partial charge is 0.176 e. The predicted octanol–water partition coefficient (Wildman–Crippen LogP) is 1.49. The average molecular weight is 237 g/mol. The van der Waals surface area contributed by atoms with Gasteiger partial charge in [-0.1, -0.05) is 18.9 Å². The molecule has 1 aliphatic carbocycles. The van der Waals surface area contributed by atoms with E-state index in [1.165, 1.54) is 11.3 Å². The van der Waals surface area contributed by atoms with Gasteiger partial charge in [0.25, 0.3) is 0 Å². The highest BCUT2D eigenvalue weighted by molar-refractivity contribution is 7.12. The molecule has 0 aliphatic heterocycles. The molecule has 2 atom stereocenters. The van der Waals surface area contributed by atoms with Crippen LogP contribution in [0.2, 0.25) is 0 Å². The van der Waals surface area contributed by atoms with Gasteiger partial charge in [0.2, 0.25) is 0 Å². The van der Waals surface area contributed by atoms with E-state index >= 15 is 0 Å². The van der Waals surface area contributed by atoms with Crippen LogP contribution in [0.5, 0.6) is 0 Å². The van der Waals surface area contributed by atoms with Crippen LogP contribution in [0.4, 0.5) is 0 Å². The maximum atomic E-state index is 12.1. The second-order valence-corrected chi connectivity index (χ2v) is 5.11. The first-order valence-electron chi connectivity index (χ1n) is 5.48. The van der Waals surface area contributed by atoms with Crippen molar-refractivity contribution in [2.45, 2.75) is 25.7 Å². The van der Waals surface area contributed by atoms with Crippen molar-refractivity contribution in [3.63, 3.8) is 0 Å². The lowest BCUT2D eigenvalue weighted by atomic mass is 9.76. The fourth-order valence-electron chi connectivity index (χ4n) is 2.33. The van der Waals surface area contributed by atoms with Crippen molar-refractivity contribution in [2.24, 2.45) is 11.8 Å². The average Bonchev–Trinajstić information content (AvgIpc) is 2.81. The number of thiophene rings is 1. The number of carbonyl (C=O) groups is 2. The van der Waals surface area contributed by atoms with Crippen LogP contribution in [-0.4, -0.2) is 11.8 Å². The minimum Gasteiger partial charge on any atom is -0.550 e. The van der Waals surface area contributed by atoms with Crippen LogP contribution in [0.15, 0.2) is 17.5 Å². The van der Waals surface area contributed by atoms with E-state index in [-0.39, 0.29) is 11.7 Å². The van der Waals surface area contributed by atoms with E-state index in [0.717, 1.165) is 12.8 Å². The van der Waals surface area contributed by atoms with Crippen molar-refractivity contribution in [1.29, 1.82) is 0 Å². The molecule has 0 spiro atoms. The molecule has 1 fully saturated rings.